The van der Waals surface area contributed by atoms with Gasteiger partial charge in [-0.25, -0.2) is 0 Å². The summed E-state index contributed by atoms with van der Waals surface area (Å²) in [4.78, 5) is 45.9. The number of nitrogens with zero attached hydrogens (tertiary/aromatic N) is 1. The van der Waals surface area contributed by atoms with Gasteiger partial charge in [-0.05, 0) is 30.5 Å². The SMILES string of the molecule is CCc1cccc(C)c1NC(=O)COC(=O)CNC(=O)c1cccc([N+](=O)[O-])c1. The van der Waals surface area contributed by atoms with Gasteiger partial charge in [-0.3, -0.25) is 24.5 Å². The van der Waals surface area contributed by atoms with Crippen LogP contribution in [-0.4, -0.2) is 35.9 Å². The first-order valence-electron chi connectivity index (χ1n) is 8.88. The zero-order valence-corrected chi connectivity index (χ0v) is 16.1. The third kappa shape index (κ3) is 6.13. The number of non-ortho nitro benzene ring substituents is 1. The number of hydrogen-bond donors (Lipinski definition) is 2. The van der Waals surface area contributed by atoms with Crippen LogP contribution in [0.4, 0.5) is 11.4 Å². The van der Waals surface area contributed by atoms with E-state index in [1.54, 1.807) is 0 Å². The molecule has 0 fully saturated rings. The van der Waals surface area contributed by atoms with Crippen molar-refractivity contribution in [1.29, 1.82) is 0 Å². The lowest BCUT2D eigenvalue weighted by Crippen LogP contribution is -2.32. The molecule has 152 valence electrons. The fraction of sp³-hybridized carbons (Fsp3) is 0.250. The Hall–Kier alpha value is -3.75. The van der Waals surface area contributed by atoms with Crippen LogP contribution in [0.5, 0.6) is 0 Å². The first kappa shape index (κ1) is 21.5. The molecule has 0 saturated carbocycles. The van der Waals surface area contributed by atoms with E-state index < -0.39 is 35.9 Å². The normalized spacial score (nSPS) is 10.1. The standard InChI is InChI=1S/C20H21N3O6/c1-3-14-7-4-6-13(2)19(14)22-17(24)12-29-18(25)11-21-20(26)15-8-5-9-16(10-15)23(27)28/h4-10H,3,11-12H2,1-2H3,(H,21,26)(H,22,24). The summed E-state index contributed by atoms with van der Waals surface area (Å²) >= 11 is 0. The minimum atomic E-state index is -0.806. The second kappa shape index (κ2) is 9.98. The highest BCUT2D eigenvalue weighted by atomic mass is 16.6. The van der Waals surface area contributed by atoms with Crippen molar-refractivity contribution in [2.75, 3.05) is 18.5 Å². The summed E-state index contributed by atoms with van der Waals surface area (Å²) in [5.74, 6) is -1.96. The number of hydrogen-bond acceptors (Lipinski definition) is 6. The number of nitro benzene ring substituents is 1. The number of amides is 2. The topological polar surface area (TPSA) is 128 Å². The quantitative estimate of drug-likeness (QED) is 0.398. The molecule has 0 heterocycles. The molecule has 0 saturated heterocycles. The summed E-state index contributed by atoms with van der Waals surface area (Å²) in [6.45, 7) is 2.86. The Morgan fingerprint density at radius 3 is 2.55 bits per heavy atom. The lowest BCUT2D eigenvalue weighted by molar-refractivity contribution is -0.384. The van der Waals surface area contributed by atoms with Crippen molar-refractivity contribution in [3.05, 3.63) is 69.3 Å². The molecule has 2 aromatic carbocycles. The number of carbonyl (C=O) groups is 3. The Bertz CT molecular complexity index is 942. The number of anilines is 1. The van der Waals surface area contributed by atoms with Gasteiger partial charge in [0.25, 0.3) is 17.5 Å². The molecule has 0 atom stereocenters. The zero-order chi connectivity index (χ0) is 21.4. The van der Waals surface area contributed by atoms with Crippen LogP contribution in [0, 0.1) is 17.0 Å². The molecule has 29 heavy (non-hydrogen) atoms. The Balaban J connectivity index is 1.83. The van der Waals surface area contributed by atoms with Gasteiger partial charge in [0, 0.05) is 23.4 Å². The molecule has 0 aliphatic heterocycles. The Kier molecular flexibility index (Phi) is 7.41. The molecule has 0 unspecified atom stereocenters. The number of aryl methyl sites for hydroxylation is 2. The van der Waals surface area contributed by atoms with Crippen LogP contribution in [0.15, 0.2) is 42.5 Å². The Morgan fingerprint density at radius 2 is 1.86 bits per heavy atom. The van der Waals surface area contributed by atoms with Crippen molar-refractivity contribution >= 4 is 29.2 Å². The minimum Gasteiger partial charge on any atom is -0.454 e. The van der Waals surface area contributed by atoms with Gasteiger partial charge in [0.05, 0.1) is 4.92 Å². The van der Waals surface area contributed by atoms with Crippen LogP contribution in [0.3, 0.4) is 0 Å². The number of rotatable bonds is 8. The molecule has 9 heteroatoms. The second-order valence-electron chi connectivity index (χ2n) is 6.16. The largest absolute Gasteiger partial charge is 0.454 e. The minimum absolute atomic E-state index is 0.0383. The molecule has 0 radical (unpaired) electrons. The summed E-state index contributed by atoms with van der Waals surface area (Å²) in [5, 5.41) is 15.8. The van der Waals surface area contributed by atoms with Gasteiger partial charge in [-0.1, -0.05) is 31.2 Å². The summed E-state index contributed by atoms with van der Waals surface area (Å²) in [6.07, 6.45) is 0.737. The van der Waals surface area contributed by atoms with E-state index in [0.717, 1.165) is 23.6 Å². The molecule has 2 rings (SSSR count). The van der Waals surface area contributed by atoms with Crippen LogP contribution >= 0.6 is 0 Å². The van der Waals surface area contributed by atoms with Crippen LogP contribution in [0.1, 0.15) is 28.4 Å². The van der Waals surface area contributed by atoms with Crippen LogP contribution < -0.4 is 10.6 Å². The van der Waals surface area contributed by atoms with Crippen molar-refractivity contribution in [2.45, 2.75) is 20.3 Å². The van der Waals surface area contributed by atoms with Crippen LogP contribution in [-0.2, 0) is 20.7 Å². The first-order valence-corrected chi connectivity index (χ1v) is 8.88. The van der Waals surface area contributed by atoms with Crippen LogP contribution in [0.2, 0.25) is 0 Å². The molecule has 2 amide bonds. The molecule has 0 spiro atoms. The highest BCUT2D eigenvalue weighted by Gasteiger charge is 2.14. The van der Waals surface area contributed by atoms with E-state index in [9.17, 15) is 24.5 Å². The molecule has 0 aromatic heterocycles. The first-order chi connectivity index (χ1) is 13.8. The summed E-state index contributed by atoms with van der Waals surface area (Å²) in [7, 11) is 0. The molecule has 0 aliphatic rings. The highest BCUT2D eigenvalue weighted by Crippen LogP contribution is 2.20. The summed E-state index contributed by atoms with van der Waals surface area (Å²) < 4.78 is 4.86. The molecular formula is C20H21N3O6. The van der Waals surface area contributed by atoms with Gasteiger partial charge >= 0.3 is 5.97 Å². The number of nitrogens with one attached hydrogen (secondary N) is 2. The van der Waals surface area contributed by atoms with Gasteiger partial charge in [0.15, 0.2) is 6.61 Å². The molecule has 0 bridgehead atoms. The summed E-state index contributed by atoms with van der Waals surface area (Å²) in [5.41, 5.74) is 2.35. The number of benzene rings is 2. The van der Waals surface area contributed by atoms with Crippen molar-refractivity contribution < 1.29 is 24.0 Å². The summed E-state index contributed by atoms with van der Waals surface area (Å²) in [6, 6.07) is 10.8. The van der Waals surface area contributed by atoms with Gasteiger partial charge < -0.3 is 15.4 Å². The van der Waals surface area contributed by atoms with E-state index in [2.05, 4.69) is 10.6 Å². The molecule has 2 N–H and O–H groups in total. The lowest BCUT2D eigenvalue weighted by atomic mass is 10.1. The molecule has 2 aromatic rings. The molecular weight excluding hydrogens is 378 g/mol. The van der Waals surface area contributed by atoms with Crippen molar-refractivity contribution in [3.63, 3.8) is 0 Å². The van der Waals surface area contributed by atoms with Crippen LogP contribution in [0.25, 0.3) is 0 Å². The zero-order valence-electron chi connectivity index (χ0n) is 16.1. The van der Waals surface area contributed by atoms with Gasteiger partial charge in [-0.15, -0.1) is 0 Å². The number of ether oxygens (including phenoxy) is 1. The van der Waals surface area contributed by atoms with E-state index in [4.69, 9.17) is 4.74 Å². The number of para-hydroxylation sites is 1. The maximum absolute atomic E-state index is 12.1. The molecule has 0 aliphatic carbocycles. The third-order valence-corrected chi connectivity index (χ3v) is 4.08. The number of carbonyl (C=O) groups excluding carboxylic acids is 3. The average molecular weight is 399 g/mol. The third-order valence-electron chi connectivity index (χ3n) is 4.08. The predicted octanol–water partition coefficient (Wildman–Crippen LogP) is 2.38. The van der Waals surface area contributed by atoms with E-state index in [0.29, 0.717) is 5.69 Å². The number of nitro groups is 1. The Labute approximate surface area is 167 Å². The monoisotopic (exact) mass is 399 g/mol. The van der Waals surface area contributed by atoms with Crippen molar-refractivity contribution in [2.24, 2.45) is 0 Å². The Morgan fingerprint density at radius 1 is 1.14 bits per heavy atom. The average Bonchev–Trinajstić information content (AvgIpc) is 2.71. The fourth-order valence-electron chi connectivity index (χ4n) is 2.59. The fourth-order valence-corrected chi connectivity index (χ4v) is 2.59. The lowest BCUT2D eigenvalue weighted by Gasteiger charge is -2.13. The van der Waals surface area contributed by atoms with E-state index >= 15 is 0 Å². The molecule has 9 nitrogen and oxygen atoms in total. The number of esters is 1. The van der Waals surface area contributed by atoms with E-state index in [1.165, 1.54) is 18.2 Å². The van der Waals surface area contributed by atoms with E-state index in [1.807, 2.05) is 32.0 Å². The van der Waals surface area contributed by atoms with Gasteiger partial charge in [0.2, 0.25) is 0 Å². The second-order valence-corrected chi connectivity index (χ2v) is 6.16. The van der Waals surface area contributed by atoms with Gasteiger partial charge in [-0.2, -0.15) is 0 Å². The highest BCUT2D eigenvalue weighted by molar-refractivity contribution is 5.97. The van der Waals surface area contributed by atoms with Crippen molar-refractivity contribution in [3.8, 4) is 0 Å². The van der Waals surface area contributed by atoms with Gasteiger partial charge in [0.1, 0.15) is 6.54 Å². The van der Waals surface area contributed by atoms with E-state index in [-0.39, 0.29) is 11.3 Å². The predicted molar refractivity (Wildman–Crippen MR) is 106 cm³/mol. The maximum Gasteiger partial charge on any atom is 0.325 e. The maximum atomic E-state index is 12.1. The van der Waals surface area contributed by atoms with Crippen molar-refractivity contribution in [1.82, 2.24) is 5.32 Å². The smallest absolute Gasteiger partial charge is 0.325 e.